The Morgan fingerprint density at radius 1 is 0.923 bits per heavy atom. The van der Waals surface area contributed by atoms with E-state index < -0.39 is 0 Å². The van der Waals surface area contributed by atoms with Gasteiger partial charge in [-0.1, -0.05) is 64.1 Å². The highest BCUT2D eigenvalue weighted by Gasteiger charge is 2.14. The van der Waals surface area contributed by atoms with Crippen molar-refractivity contribution in [2.75, 3.05) is 32.5 Å². The topological polar surface area (TPSA) is 27.6 Å². The van der Waals surface area contributed by atoms with Gasteiger partial charge < -0.3 is 10.2 Å². The Morgan fingerprint density at radius 2 is 1.54 bits per heavy atom. The molecule has 3 nitrogen and oxygen atoms in total. The van der Waals surface area contributed by atoms with Crippen LogP contribution >= 0.6 is 0 Å². The van der Waals surface area contributed by atoms with Gasteiger partial charge in [0.25, 0.3) is 0 Å². The predicted molar refractivity (Wildman–Crippen MR) is 115 cm³/mol. The van der Waals surface area contributed by atoms with Crippen LogP contribution in [0, 0.1) is 0 Å². The van der Waals surface area contributed by atoms with Gasteiger partial charge in [0.05, 0.1) is 6.54 Å². The molecule has 0 aliphatic heterocycles. The second-order valence-electron chi connectivity index (χ2n) is 7.67. The average Bonchev–Trinajstić information content (AvgIpc) is 2.59. The maximum atomic E-state index is 4.59. The van der Waals surface area contributed by atoms with E-state index in [1.807, 2.05) is 6.21 Å². The summed E-state index contributed by atoms with van der Waals surface area (Å²) in [4.78, 5) is 6.74. The van der Waals surface area contributed by atoms with Crippen molar-refractivity contribution in [1.82, 2.24) is 4.90 Å². The molecule has 0 saturated carbocycles. The fraction of sp³-hybridized carbons (Fsp3) is 0.435. The van der Waals surface area contributed by atoms with Gasteiger partial charge >= 0.3 is 0 Å². The third-order valence-electron chi connectivity index (χ3n) is 4.50. The normalized spacial score (nSPS) is 11.9. The third kappa shape index (κ3) is 5.43. The van der Waals surface area contributed by atoms with E-state index in [9.17, 15) is 0 Å². The minimum atomic E-state index is 0.470. The highest BCUT2D eigenvalue weighted by atomic mass is 15.1. The van der Waals surface area contributed by atoms with Gasteiger partial charge in [-0.3, -0.25) is 4.99 Å². The van der Waals surface area contributed by atoms with E-state index in [-0.39, 0.29) is 0 Å². The molecule has 0 bridgehead atoms. The van der Waals surface area contributed by atoms with Gasteiger partial charge in [-0.05, 0) is 43.1 Å². The van der Waals surface area contributed by atoms with Crippen LogP contribution in [0.3, 0.4) is 0 Å². The maximum absolute atomic E-state index is 4.59. The molecule has 0 aliphatic rings. The molecule has 0 aliphatic carbocycles. The van der Waals surface area contributed by atoms with E-state index in [0.29, 0.717) is 11.8 Å². The smallest absolute Gasteiger partial charge is 0.0516 e. The molecule has 2 rings (SSSR count). The molecule has 0 aromatic heterocycles. The number of nitrogens with zero attached hydrogens (tertiary/aromatic N) is 2. The quantitative estimate of drug-likeness (QED) is 0.622. The summed E-state index contributed by atoms with van der Waals surface area (Å²) >= 11 is 0. The van der Waals surface area contributed by atoms with Gasteiger partial charge in [0, 0.05) is 29.7 Å². The van der Waals surface area contributed by atoms with Crippen molar-refractivity contribution in [3.8, 4) is 0 Å². The summed E-state index contributed by atoms with van der Waals surface area (Å²) in [6.07, 6.45) is 1.98. The summed E-state index contributed by atoms with van der Waals surface area (Å²) < 4.78 is 0. The molecule has 0 amide bonds. The molecule has 2 aromatic rings. The van der Waals surface area contributed by atoms with Crippen LogP contribution in [0.15, 0.2) is 47.5 Å². The number of hydrogen-bond acceptors (Lipinski definition) is 3. The molecular weight excluding hydrogens is 318 g/mol. The number of nitrogens with one attached hydrogen (secondary N) is 1. The van der Waals surface area contributed by atoms with E-state index in [2.05, 4.69) is 99.5 Å². The van der Waals surface area contributed by atoms with E-state index in [1.165, 1.54) is 16.8 Å². The van der Waals surface area contributed by atoms with Gasteiger partial charge in [-0.15, -0.1) is 0 Å². The molecular formula is C23H33N3. The lowest BCUT2D eigenvalue weighted by Crippen LogP contribution is -2.15. The Kier molecular flexibility index (Phi) is 7.40. The van der Waals surface area contributed by atoms with Gasteiger partial charge in [-0.25, -0.2) is 0 Å². The van der Waals surface area contributed by atoms with Crippen LogP contribution < -0.4 is 5.32 Å². The zero-order valence-electron chi connectivity index (χ0n) is 17.1. The van der Waals surface area contributed by atoms with Crippen molar-refractivity contribution >= 4 is 17.6 Å². The fourth-order valence-electron chi connectivity index (χ4n) is 2.97. The Balaban J connectivity index is 2.34. The molecule has 0 heterocycles. The molecule has 0 atom stereocenters. The molecule has 0 unspecified atom stereocenters. The molecule has 1 N–H and O–H groups in total. The first-order valence-electron chi connectivity index (χ1n) is 9.53. The standard InChI is InChI=1S/C23H33N3/c1-17(2)20-11-9-12-21(18(3)4)23(20)25-22-13-8-7-10-19(22)16-24-14-15-26(5)6/h7-13,16-18,25H,14-15H2,1-6H3. The van der Waals surface area contributed by atoms with Crippen LogP contribution in [-0.2, 0) is 0 Å². The number of aliphatic imine (C=N–C) groups is 1. The Hall–Kier alpha value is -2.13. The zero-order chi connectivity index (χ0) is 19.1. The summed E-state index contributed by atoms with van der Waals surface area (Å²) in [5, 5.41) is 3.72. The lowest BCUT2D eigenvalue weighted by molar-refractivity contribution is 0.421. The van der Waals surface area contributed by atoms with Gasteiger partial charge in [0.2, 0.25) is 0 Å². The van der Waals surface area contributed by atoms with Crippen LogP contribution in [0.1, 0.15) is 56.2 Å². The van der Waals surface area contributed by atoms with E-state index in [0.717, 1.165) is 24.3 Å². The summed E-state index contributed by atoms with van der Waals surface area (Å²) in [6.45, 7) is 10.8. The molecule has 2 aromatic carbocycles. The first kappa shape index (κ1) is 20.2. The summed E-state index contributed by atoms with van der Waals surface area (Å²) in [6, 6.07) is 15.0. The largest absolute Gasteiger partial charge is 0.355 e. The fourth-order valence-corrected chi connectivity index (χ4v) is 2.97. The molecule has 140 valence electrons. The Bertz CT molecular complexity index is 704. The SMILES string of the molecule is CC(C)c1cccc(C(C)C)c1Nc1ccccc1C=NCCN(C)C. The molecule has 0 fully saturated rings. The minimum Gasteiger partial charge on any atom is -0.355 e. The zero-order valence-corrected chi connectivity index (χ0v) is 17.1. The van der Waals surface area contributed by atoms with Gasteiger partial charge in [0.1, 0.15) is 0 Å². The number of anilines is 2. The monoisotopic (exact) mass is 351 g/mol. The van der Waals surface area contributed by atoms with Crippen molar-refractivity contribution in [2.45, 2.75) is 39.5 Å². The Morgan fingerprint density at radius 3 is 2.12 bits per heavy atom. The van der Waals surface area contributed by atoms with Crippen molar-refractivity contribution in [3.63, 3.8) is 0 Å². The summed E-state index contributed by atoms with van der Waals surface area (Å²) in [5.74, 6) is 0.939. The molecule has 26 heavy (non-hydrogen) atoms. The highest BCUT2D eigenvalue weighted by molar-refractivity contribution is 5.89. The van der Waals surface area contributed by atoms with Crippen molar-refractivity contribution in [2.24, 2.45) is 4.99 Å². The van der Waals surface area contributed by atoms with E-state index >= 15 is 0 Å². The number of hydrogen-bond donors (Lipinski definition) is 1. The predicted octanol–water partition coefficient (Wildman–Crippen LogP) is 5.66. The number of rotatable bonds is 8. The molecule has 0 saturated heterocycles. The van der Waals surface area contributed by atoms with E-state index in [1.54, 1.807) is 0 Å². The third-order valence-corrected chi connectivity index (χ3v) is 4.50. The second-order valence-corrected chi connectivity index (χ2v) is 7.67. The first-order valence-corrected chi connectivity index (χ1v) is 9.53. The summed E-state index contributed by atoms with van der Waals surface area (Å²) in [7, 11) is 4.14. The first-order chi connectivity index (χ1) is 12.4. The second kappa shape index (κ2) is 9.54. The van der Waals surface area contributed by atoms with Crippen LogP contribution in [0.25, 0.3) is 0 Å². The average molecular weight is 352 g/mol. The lowest BCUT2D eigenvalue weighted by Gasteiger charge is -2.21. The molecule has 0 radical (unpaired) electrons. The molecule has 0 spiro atoms. The highest BCUT2D eigenvalue weighted by Crippen LogP contribution is 2.35. The lowest BCUT2D eigenvalue weighted by atomic mass is 9.92. The van der Waals surface area contributed by atoms with E-state index in [4.69, 9.17) is 0 Å². The van der Waals surface area contributed by atoms with Crippen molar-refractivity contribution < 1.29 is 0 Å². The Labute approximate surface area is 159 Å². The van der Waals surface area contributed by atoms with Crippen LogP contribution in [0.4, 0.5) is 11.4 Å². The maximum Gasteiger partial charge on any atom is 0.0516 e. The number of benzene rings is 2. The van der Waals surface area contributed by atoms with Gasteiger partial charge in [-0.2, -0.15) is 0 Å². The van der Waals surface area contributed by atoms with Gasteiger partial charge in [0.15, 0.2) is 0 Å². The molecule has 3 heteroatoms. The minimum absolute atomic E-state index is 0.470. The number of para-hydroxylation sites is 2. The van der Waals surface area contributed by atoms with Crippen LogP contribution in [0.5, 0.6) is 0 Å². The van der Waals surface area contributed by atoms with Crippen LogP contribution in [-0.4, -0.2) is 38.3 Å². The van der Waals surface area contributed by atoms with Crippen molar-refractivity contribution in [1.29, 1.82) is 0 Å². The summed E-state index contributed by atoms with van der Waals surface area (Å²) in [5.41, 5.74) is 6.19. The number of likely N-dealkylation sites (N-methyl/N-ethyl adjacent to an activating group) is 1. The van der Waals surface area contributed by atoms with Crippen molar-refractivity contribution in [3.05, 3.63) is 59.2 Å². The van der Waals surface area contributed by atoms with Crippen LogP contribution in [0.2, 0.25) is 0 Å².